The van der Waals surface area contributed by atoms with Gasteiger partial charge >= 0.3 is 0 Å². The Kier molecular flexibility index (Phi) is 3.54. The summed E-state index contributed by atoms with van der Waals surface area (Å²) >= 11 is 2.16. The summed E-state index contributed by atoms with van der Waals surface area (Å²) < 4.78 is 28.6. The van der Waals surface area contributed by atoms with Gasteiger partial charge in [0.2, 0.25) is 0 Å². The predicted molar refractivity (Wildman–Crippen MR) is 92.7 cm³/mol. The number of nitrogens with two attached hydrogens (primary N) is 1. The van der Waals surface area contributed by atoms with E-state index in [1.165, 1.54) is 6.20 Å². The molecule has 4 N–H and O–H groups in total. The second kappa shape index (κ2) is 5.23. The van der Waals surface area contributed by atoms with Gasteiger partial charge in [0.1, 0.15) is 4.90 Å². The van der Waals surface area contributed by atoms with Crippen LogP contribution in [0.3, 0.4) is 0 Å². The fourth-order valence-corrected chi connectivity index (χ4v) is 3.67. The average Bonchev–Trinajstić information content (AvgIpc) is 2.85. The molecule has 1 heterocycles. The number of aromatic nitrogens is 1. The number of rotatable bonds is 3. The van der Waals surface area contributed by atoms with Crippen LogP contribution in [0.5, 0.6) is 0 Å². The largest absolute Gasteiger partial charge is 0.399 e. The summed E-state index contributed by atoms with van der Waals surface area (Å²) in [6, 6.07) is 12.2. The van der Waals surface area contributed by atoms with Crippen molar-refractivity contribution in [1.82, 2.24) is 4.98 Å². The van der Waals surface area contributed by atoms with Crippen LogP contribution >= 0.6 is 22.6 Å². The molecule has 0 spiro atoms. The number of halogens is 1. The average molecular weight is 413 g/mol. The third-order valence-electron chi connectivity index (χ3n) is 3.05. The zero-order chi connectivity index (χ0) is 15.0. The molecule has 0 aliphatic carbocycles. The second-order valence-corrected chi connectivity index (χ2v) is 7.47. The highest BCUT2D eigenvalue weighted by atomic mass is 127. The first-order valence-electron chi connectivity index (χ1n) is 6.11. The number of benzene rings is 2. The first-order chi connectivity index (χ1) is 9.95. The number of hydrogen-bond acceptors (Lipinski definition) is 3. The Balaban J connectivity index is 2.02. The molecule has 2 aromatic carbocycles. The summed E-state index contributed by atoms with van der Waals surface area (Å²) in [5, 5.41) is 0.613. The molecule has 5 nitrogen and oxygen atoms in total. The minimum Gasteiger partial charge on any atom is -0.399 e. The van der Waals surface area contributed by atoms with Crippen LogP contribution in [0.15, 0.2) is 53.6 Å². The minimum atomic E-state index is -3.65. The van der Waals surface area contributed by atoms with E-state index in [9.17, 15) is 8.42 Å². The van der Waals surface area contributed by atoms with E-state index in [4.69, 9.17) is 5.73 Å². The lowest BCUT2D eigenvalue weighted by Crippen LogP contribution is -2.12. The van der Waals surface area contributed by atoms with Crippen molar-refractivity contribution < 1.29 is 8.42 Å². The van der Waals surface area contributed by atoms with Crippen LogP contribution in [0, 0.1) is 3.57 Å². The first kappa shape index (κ1) is 14.2. The summed E-state index contributed by atoms with van der Waals surface area (Å²) in [4.78, 5) is 3.13. The molecule has 0 amide bonds. The Labute approximate surface area is 135 Å². The van der Waals surface area contributed by atoms with Gasteiger partial charge in [-0.15, -0.1) is 0 Å². The molecular weight excluding hydrogens is 401 g/mol. The van der Waals surface area contributed by atoms with E-state index in [-0.39, 0.29) is 4.90 Å². The van der Waals surface area contributed by atoms with Gasteiger partial charge in [0.05, 0.1) is 0 Å². The highest BCUT2D eigenvalue weighted by Crippen LogP contribution is 2.26. The van der Waals surface area contributed by atoms with Crippen LogP contribution in [-0.2, 0) is 10.0 Å². The van der Waals surface area contributed by atoms with Gasteiger partial charge in [-0.1, -0.05) is 0 Å². The molecule has 21 heavy (non-hydrogen) atoms. The molecule has 0 saturated carbocycles. The van der Waals surface area contributed by atoms with Gasteiger partial charge in [0.25, 0.3) is 10.0 Å². The maximum atomic E-state index is 12.5. The predicted octanol–water partition coefficient (Wildman–Crippen LogP) is 3.16. The topological polar surface area (TPSA) is 88.0 Å². The van der Waals surface area contributed by atoms with E-state index in [0.717, 1.165) is 3.57 Å². The Hall–Kier alpha value is -1.74. The highest BCUT2D eigenvalue weighted by Gasteiger charge is 2.19. The van der Waals surface area contributed by atoms with Crippen molar-refractivity contribution >= 4 is 54.9 Å². The van der Waals surface area contributed by atoms with Crippen molar-refractivity contribution in [2.75, 3.05) is 10.5 Å². The van der Waals surface area contributed by atoms with Gasteiger partial charge < -0.3 is 10.7 Å². The molecular formula is C14H12IN3O2S. The Morgan fingerprint density at radius 2 is 1.81 bits per heavy atom. The van der Waals surface area contributed by atoms with E-state index in [1.807, 2.05) is 12.1 Å². The summed E-state index contributed by atoms with van der Waals surface area (Å²) in [7, 11) is -3.65. The number of nitrogens with one attached hydrogen (secondary N) is 2. The molecule has 0 radical (unpaired) electrons. The first-order valence-corrected chi connectivity index (χ1v) is 8.67. The zero-order valence-corrected chi connectivity index (χ0v) is 13.8. The fraction of sp³-hybridized carbons (Fsp3) is 0. The molecule has 0 aliphatic heterocycles. The van der Waals surface area contributed by atoms with Crippen molar-refractivity contribution in [3.63, 3.8) is 0 Å². The Bertz CT molecular complexity index is 902. The van der Waals surface area contributed by atoms with Gasteiger partial charge in [-0.2, -0.15) is 0 Å². The van der Waals surface area contributed by atoms with Crippen LogP contribution in [0.25, 0.3) is 10.9 Å². The zero-order valence-electron chi connectivity index (χ0n) is 10.8. The van der Waals surface area contributed by atoms with E-state index < -0.39 is 10.0 Å². The van der Waals surface area contributed by atoms with Crippen LogP contribution in [-0.4, -0.2) is 13.4 Å². The second-order valence-electron chi connectivity index (χ2n) is 4.57. The van der Waals surface area contributed by atoms with E-state index >= 15 is 0 Å². The quantitative estimate of drug-likeness (QED) is 0.456. The van der Waals surface area contributed by atoms with Crippen molar-refractivity contribution in [3.05, 3.63) is 52.2 Å². The summed E-state index contributed by atoms with van der Waals surface area (Å²) in [6.07, 6.45) is 1.47. The van der Waals surface area contributed by atoms with Gasteiger partial charge in [-0.3, -0.25) is 4.72 Å². The van der Waals surface area contributed by atoms with E-state index in [1.54, 1.807) is 30.3 Å². The normalized spacial score (nSPS) is 11.7. The van der Waals surface area contributed by atoms with E-state index in [0.29, 0.717) is 22.3 Å². The molecule has 7 heteroatoms. The third-order valence-corrected chi connectivity index (χ3v) is 5.19. The maximum Gasteiger partial charge on any atom is 0.264 e. The van der Waals surface area contributed by atoms with Gasteiger partial charge in [-0.25, -0.2) is 8.42 Å². The molecule has 3 rings (SSSR count). The van der Waals surface area contributed by atoms with E-state index in [2.05, 4.69) is 32.3 Å². The summed E-state index contributed by atoms with van der Waals surface area (Å²) in [6.45, 7) is 0. The van der Waals surface area contributed by atoms with Gasteiger partial charge in [0, 0.05) is 32.0 Å². The molecule has 0 fully saturated rings. The lowest BCUT2D eigenvalue weighted by molar-refractivity contribution is 0.602. The van der Waals surface area contributed by atoms with Gasteiger partial charge in [0.15, 0.2) is 0 Å². The molecule has 108 valence electrons. The molecule has 3 aromatic rings. The third kappa shape index (κ3) is 2.84. The molecule has 0 aliphatic rings. The number of aromatic amines is 1. The lowest BCUT2D eigenvalue weighted by atomic mass is 10.2. The Morgan fingerprint density at radius 1 is 1.10 bits per heavy atom. The van der Waals surface area contributed by atoms with Crippen LogP contribution in [0.2, 0.25) is 0 Å². The minimum absolute atomic E-state index is 0.205. The number of hydrogen-bond donors (Lipinski definition) is 3. The van der Waals surface area contributed by atoms with Gasteiger partial charge in [-0.05, 0) is 65.1 Å². The smallest absolute Gasteiger partial charge is 0.264 e. The highest BCUT2D eigenvalue weighted by molar-refractivity contribution is 14.1. The molecule has 0 bridgehead atoms. The lowest BCUT2D eigenvalue weighted by Gasteiger charge is -2.07. The molecule has 0 saturated heterocycles. The van der Waals surface area contributed by atoms with Crippen molar-refractivity contribution in [1.29, 1.82) is 0 Å². The summed E-state index contributed by atoms with van der Waals surface area (Å²) in [5.74, 6) is 0. The molecule has 0 unspecified atom stereocenters. The van der Waals surface area contributed by atoms with Crippen molar-refractivity contribution in [2.24, 2.45) is 0 Å². The van der Waals surface area contributed by atoms with Crippen molar-refractivity contribution in [3.8, 4) is 0 Å². The Morgan fingerprint density at radius 3 is 2.52 bits per heavy atom. The summed E-state index contributed by atoms with van der Waals surface area (Å²) in [5.41, 5.74) is 7.50. The number of H-pyrrole nitrogens is 1. The van der Waals surface area contributed by atoms with Crippen LogP contribution < -0.4 is 10.5 Å². The molecule has 1 aromatic heterocycles. The fourth-order valence-electron chi connectivity index (χ4n) is 2.07. The monoisotopic (exact) mass is 413 g/mol. The number of nitrogen functional groups attached to an aromatic ring is 1. The maximum absolute atomic E-state index is 12.5. The number of anilines is 2. The number of fused-ring (bicyclic) bond motifs is 1. The van der Waals surface area contributed by atoms with Crippen molar-refractivity contribution in [2.45, 2.75) is 4.90 Å². The standard InChI is InChI=1S/C14H12IN3O2S/c15-9-1-4-11(5-2-9)18-21(19,20)14-8-17-13-7-10(16)3-6-12(13)14/h1-8,17-18H,16H2. The van der Waals surface area contributed by atoms with Crippen LogP contribution in [0.4, 0.5) is 11.4 Å². The number of sulfonamides is 1. The SMILES string of the molecule is Nc1ccc2c(S(=O)(=O)Nc3ccc(I)cc3)c[nH]c2c1. The van der Waals surface area contributed by atoms with Crippen LogP contribution in [0.1, 0.15) is 0 Å². The molecule has 0 atom stereocenters.